The molecule has 0 aliphatic carbocycles. The van der Waals surface area contributed by atoms with Gasteiger partial charge in [0.25, 0.3) is 0 Å². The van der Waals surface area contributed by atoms with Gasteiger partial charge in [-0.2, -0.15) is 9.97 Å². The van der Waals surface area contributed by atoms with Crippen LogP contribution in [0.3, 0.4) is 0 Å². The highest BCUT2D eigenvalue weighted by Gasteiger charge is 2.15. The molecule has 1 aromatic heterocycles. The molecule has 3 N–H and O–H groups in total. The summed E-state index contributed by atoms with van der Waals surface area (Å²) in [5, 5.41) is 3.17. The zero-order valence-electron chi connectivity index (χ0n) is 11.4. The first-order valence-corrected chi connectivity index (χ1v) is 6.90. The maximum Gasteiger partial charge on any atom is 0.225 e. The SMILES string of the molecule is CCCNc1cc(OCC2CCCCO2)nc(N)n1. The lowest BCUT2D eigenvalue weighted by Gasteiger charge is -2.22. The summed E-state index contributed by atoms with van der Waals surface area (Å²) in [5.74, 6) is 1.43. The third kappa shape index (κ3) is 4.55. The summed E-state index contributed by atoms with van der Waals surface area (Å²) in [7, 11) is 0. The summed E-state index contributed by atoms with van der Waals surface area (Å²) in [6, 6.07) is 1.77. The number of nitrogens with two attached hydrogens (primary N) is 1. The Morgan fingerprint density at radius 1 is 1.47 bits per heavy atom. The molecule has 0 aromatic carbocycles. The molecule has 0 amide bonds. The molecular formula is C13H22N4O2. The van der Waals surface area contributed by atoms with Crippen LogP contribution < -0.4 is 15.8 Å². The fourth-order valence-corrected chi connectivity index (χ4v) is 1.98. The van der Waals surface area contributed by atoms with E-state index in [1.54, 1.807) is 6.07 Å². The molecule has 0 spiro atoms. The Labute approximate surface area is 113 Å². The van der Waals surface area contributed by atoms with Gasteiger partial charge in [0.2, 0.25) is 11.8 Å². The van der Waals surface area contributed by atoms with Crippen molar-refractivity contribution in [2.75, 3.05) is 30.8 Å². The van der Waals surface area contributed by atoms with E-state index in [4.69, 9.17) is 15.2 Å². The van der Waals surface area contributed by atoms with E-state index in [0.717, 1.165) is 32.4 Å². The van der Waals surface area contributed by atoms with Gasteiger partial charge in [0.1, 0.15) is 12.4 Å². The highest BCUT2D eigenvalue weighted by molar-refractivity contribution is 5.42. The molecule has 6 nitrogen and oxygen atoms in total. The van der Waals surface area contributed by atoms with Gasteiger partial charge in [0.15, 0.2) is 0 Å². The number of hydrogen-bond donors (Lipinski definition) is 2. The van der Waals surface area contributed by atoms with Crippen LogP contribution in [-0.4, -0.2) is 35.8 Å². The highest BCUT2D eigenvalue weighted by atomic mass is 16.5. The Morgan fingerprint density at radius 2 is 2.37 bits per heavy atom. The van der Waals surface area contributed by atoms with Crippen LogP contribution in [-0.2, 0) is 4.74 Å². The molecule has 1 aliphatic rings. The third-order valence-electron chi connectivity index (χ3n) is 2.97. The number of aromatic nitrogens is 2. The van der Waals surface area contributed by atoms with Gasteiger partial charge in [-0.3, -0.25) is 0 Å². The van der Waals surface area contributed by atoms with Crippen LogP contribution in [0.2, 0.25) is 0 Å². The van der Waals surface area contributed by atoms with Crippen LogP contribution >= 0.6 is 0 Å². The van der Waals surface area contributed by atoms with Crippen LogP contribution in [0, 0.1) is 0 Å². The predicted molar refractivity (Wildman–Crippen MR) is 74.3 cm³/mol. The van der Waals surface area contributed by atoms with E-state index in [1.807, 2.05) is 0 Å². The quantitative estimate of drug-likeness (QED) is 0.817. The predicted octanol–water partition coefficient (Wildman–Crippen LogP) is 1.83. The van der Waals surface area contributed by atoms with Gasteiger partial charge >= 0.3 is 0 Å². The minimum Gasteiger partial charge on any atom is -0.475 e. The minimum atomic E-state index is 0.164. The zero-order valence-corrected chi connectivity index (χ0v) is 11.4. The van der Waals surface area contributed by atoms with Gasteiger partial charge in [-0.05, 0) is 25.7 Å². The van der Waals surface area contributed by atoms with Crippen LogP contribution in [0.5, 0.6) is 5.88 Å². The molecule has 1 aliphatic heterocycles. The zero-order chi connectivity index (χ0) is 13.5. The second-order valence-electron chi connectivity index (χ2n) is 4.68. The lowest BCUT2D eigenvalue weighted by molar-refractivity contribution is -0.0119. The Bertz CT molecular complexity index is 394. The number of anilines is 2. The maximum absolute atomic E-state index is 5.67. The molecule has 1 unspecified atom stereocenters. The number of rotatable bonds is 6. The van der Waals surface area contributed by atoms with Crippen molar-refractivity contribution in [3.05, 3.63) is 6.07 Å². The molecule has 1 atom stereocenters. The number of ether oxygens (including phenoxy) is 2. The molecule has 2 rings (SSSR count). The van der Waals surface area contributed by atoms with Crippen molar-refractivity contribution >= 4 is 11.8 Å². The first-order chi connectivity index (χ1) is 9.28. The first-order valence-electron chi connectivity index (χ1n) is 6.90. The van der Waals surface area contributed by atoms with Gasteiger partial charge in [-0.25, -0.2) is 0 Å². The lowest BCUT2D eigenvalue weighted by Crippen LogP contribution is -2.26. The van der Waals surface area contributed by atoms with E-state index in [-0.39, 0.29) is 12.1 Å². The molecule has 6 heteroatoms. The molecule has 1 saturated heterocycles. The van der Waals surface area contributed by atoms with Crippen molar-refractivity contribution in [1.82, 2.24) is 9.97 Å². The highest BCUT2D eigenvalue weighted by Crippen LogP contribution is 2.17. The average Bonchev–Trinajstić information content (AvgIpc) is 2.43. The van der Waals surface area contributed by atoms with Gasteiger partial charge in [0, 0.05) is 19.2 Å². The number of hydrogen-bond acceptors (Lipinski definition) is 6. The standard InChI is InChI=1S/C13H22N4O2/c1-2-6-15-11-8-12(17-13(14)16-11)19-9-10-5-3-4-7-18-10/h8,10H,2-7,9H2,1H3,(H3,14,15,16,17). The van der Waals surface area contributed by atoms with Crippen molar-refractivity contribution in [2.24, 2.45) is 0 Å². The normalized spacial score (nSPS) is 19.1. The fourth-order valence-electron chi connectivity index (χ4n) is 1.98. The monoisotopic (exact) mass is 266 g/mol. The molecule has 19 heavy (non-hydrogen) atoms. The summed E-state index contributed by atoms with van der Waals surface area (Å²) < 4.78 is 11.3. The summed E-state index contributed by atoms with van der Waals surface area (Å²) in [6.45, 7) is 4.28. The Balaban J connectivity index is 1.89. The van der Waals surface area contributed by atoms with Crippen molar-refractivity contribution in [3.8, 4) is 5.88 Å². The van der Waals surface area contributed by atoms with E-state index in [1.165, 1.54) is 6.42 Å². The Hall–Kier alpha value is -1.56. The summed E-state index contributed by atoms with van der Waals surface area (Å²) in [5.41, 5.74) is 5.67. The van der Waals surface area contributed by atoms with Crippen LogP contribution in [0.15, 0.2) is 6.07 Å². The van der Waals surface area contributed by atoms with Crippen molar-refractivity contribution in [2.45, 2.75) is 38.7 Å². The molecule has 0 bridgehead atoms. The second kappa shape index (κ2) is 7.13. The molecular weight excluding hydrogens is 244 g/mol. The Kier molecular flexibility index (Phi) is 5.20. The molecule has 106 valence electrons. The topological polar surface area (TPSA) is 82.3 Å². The Morgan fingerprint density at radius 3 is 3.11 bits per heavy atom. The number of nitrogens with zero attached hydrogens (tertiary/aromatic N) is 2. The van der Waals surface area contributed by atoms with Crippen LogP contribution in [0.4, 0.5) is 11.8 Å². The van der Waals surface area contributed by atoms with E-state index < -0.39 is 0 Å². The minimum absolute atomic E-state index is 0.164. The van der Waals surface area contributed by atoms with E-state index in [9.17, 15) is 0 Å². The molecule has 1 fully saturated rings. The molecule has 0 saturated carbocycles. The largest absolute Gasteiger partial charge is 0.475 e. The maximum atomic E-state index is 5.67. The van der Waals surface area contributed by atoms with Gasteiger partial charge in [-0.15, -0.1) is 0 Å². The van der Waals surface area contributed by atoms with Gasteiger partial charge in [-0.1, -0.05) is 6.92 Å². The average molecular weight is 266 g/mol. The van der Waals surface area contributed by atoms with Crippen molar-refractivity contribution in [3.63, 3.8) is 0 Å². The third-order valence-corrected chi connectivity index (χ3v) is 2.97. The summed E-state index contributed by atoms with van der Waals surface area (Å²) in [4.78, 5) is 8.19. The molecule has 0 radical (unpaired) electrons. The summed E-state index contributed by atoms with van der Waals surface area (Å²) >= 11 is 0. The number of nitrogens with one attached hydrogen (secondary N) is 1. The smallest absolute Gasteiger partial charge is 0.225 e. The summed E-state index contributed by atoms with van der Waals surface area (Å²) in [6.07, 6.45) is 4.57. The van der Waals surface area contributed by atoms with Crippen molar-refractivity contribution < 1.29 is 9.47 Å². The molecule has 2 heterocycles. The van der Waals surface area contributed by atoms with E-state index in [2.05, 4.69) is 22.2 Å². The molecule has 1 aromatic rings. The number of nitrogen functional groups attached to an aromatic ring is 1. The second-order valence-corrected chi connectivity index (χ2v) is 4.68. The van der Waals surface area contributed by atoms with E-state index >= 15 is 0 Å². The van der Waals surface area contributed by atoms with Crippen LogP contribution in [0.1, 0.15) is 32.6 Å². The van der Waals surface area contributed by atoms with Crippen molar-refractivity contribution in [1.29, 1.82) is 0 Å². The van der Waals surface area contributed by atoms with E-state index in [0.29, 0.717) is 18.3 Å². The van der Waals surface area contributed by atoms with Gasteiger partial charge in [0.05, 0.1) is 6.10 Å². The fraction of sp³-hybridized carbons (Fsp3) is 0.692. The lowest BCUT2D eigenvalue weighted by atomic mass is 10.1. The van der Waals surface area contributed by atoms with Gasteiger partial charge < -0.3 is 20.5 Å². The van der Waals surface area contributed by atoms with Crippen LogP contribution in [0.25, 0.3) is 0 Å². The first kappa shape index (κ1) is 13.9.